The first-order valence-electron chi connectivity index (χ1n) is 11.7. The fourth-order valence-corrected chi connectivity index (χ4v) is 3.87. The molecule has 0 atom stereocenters. The summed E-state index contributed by atoms with van der Waals surface area (Å²) in [4.78, 5) is 28.9. The van der Waals surface area contributed by atoms with Crippen LogP contribution in [0.2, 0.25) is 0 Å². The number of aliphatic carboxylic acids is 1. The summed E-state index contributed by atoms with van der Waals surface area (Å²) in [6.45, 7) is 0.264. The summed E-state index contributed by atoms with van der Waals surface area (Å²) in [6.07, 6.45) is 3.90. The third-order valence-electron chi connectivity index (χ3n) is 5.68. The van der Waals surface area contributed by atoms with Crippen molar-refractivity contribution in [2.24, 2.45) is 0 Å². The first-order valence-corrected chi connectivity index (χ1v) is 11.7. The van der Waals surface area contributed by atoms with Crippen LogP contribution in [-0.2, 0) is 4.79 Å². The Bertz CT molecular complexity index is 1580. The molecule has 0 fully saturated rings. The summed E-state index contributed by atoms with van der Waals surface area (Å²) in [6, 6.07) is 12.9. The van der Waals surface area contributed by atoms with Gasteiger partial charge in [-0.15, -0.1) is 0 Å². The molecule has 37 heavy (non-hydrogen) atoms. The fraction of sp³-hybridized carbons (Fsp3) is 0.192. The lowest BCUT2D eigenvalue weighted by Crippen LogP contribution is -2.04. The van der Waals surface area contributed by atoms with Crippen molar-refractivity contribution in [3.63, 3.8) is 0 Å². The van der Waals surface area contributed by atoms with E-state index in [2.05, 4.69) is 30.9 Å². The molecular formula is C26H25N7O4. The Morgan fingerprint density at radius 2 is 1.89 bits per heavy atom. The van der Waals surface area contributed by atoms with Crippen LogP contribution in [0.1, 0.15) is 12.8 Å². The first kappa shape index (κ1) is 23.8. The molecule has 0 unspecified atom stereocenters. The molecule has 0 saturated heterocycles. The topological polar surface area (TPSA) is 147 Å². The van der Waals surface area contributed by atoms with Gasteiger partial charge in [-0.2, -0.15) is 4.98 Å². The molecule has 0 radical (unpaired) electrons. The molecule has 0 saturated carbocycles. The second-order valence-electron chi connectivity index (χ2n) is 8.17. The monoisotopic (exact) mass is 499 g/mol. The lowest BCUT2D eigenvalue weighted by Gasteiger charge is -2.11. The van der Waals surface area contributed by atoms with Gasteiger partial charge in [0.05, 0.1) is 12.2 Å². The van der Waals surface area contributed by atoms with Crippen LogP contribution in [0, 0.1) is 0 Å². The van der Waals surface area contributed by atoms with Crippen molar-refractivity contribution >= 4 is 51.0 Å². The van der Waals surface area contributed by atoms with E-state index < -0.39 is 5.97 Å². The van der Waals surface area contributed by atoms with Gasteiger partial charge in [-0.3, -0.25) is 4.79 Å². The summed E-state index contributed by atoms with van der Waals surface area (Å²) in [5.41, 5.74) is 3.09. The standard InChI is InChI=1S/C26H25N7O4/c1-27-15-8-9-20-19(11-15)31-26(37-20)18-14-30-25(28-2)17-13-29-22(12-16(17)18)32-21-5-3-6-23(33-21)36-10-4-7-24(34)35/h3,5-6,8-9,11-14,27H,4,7,10H2,1-2H3,(H,28,30)(H,34,35)(H,29,32,33). The number of hydrogen-bond donors (Lipinski definition) is 4. The van der Waals surface area contributed by atoms with Gasteiger partial charge in [0, 0.05) is 55.4 Å². The summed E-state index contributed by atoms with van der Waals surface area (Å²) in [5.74, 6) is 1.77. The molecular weight excluding hydrogens is 474 g/mol. The Labute approximate surface area is 211 Å². The zero-order valence-electron chi connectivity index (χ0n) is 20.3. The third kappa shape index (κ3) is 5.20. The van der Waals surface area contributed by atoms with Crippen LogP contribution in [0.25, 0.3) is 33.3 Å². The van der Waals surface area contributed by atoms with Gasteiger partial charge in [-0.1, -0.05) is 6.07 Å². The van der Waals surface area contributed by atoms with Gasteiger partial charge in [0.25, 0.3) is 0 Å². The molecule has 4 heterocycles. The summed E-state index contributed by atoms with van der Waals surface area (Å²) in [7, 11) is 3.66. The second kappa shape index (κ2) is 10.4. The molecule has 4 N–H and O–H groups in total. The number of nitrogens with zero attached hydrogens (tertiary/aromatic N) is 4. The fourth-order valence-electron chi connectivity index (χ4n) is 3.87. The van der Waals surface area contributed by atoms with Gasteiger partial charge in [0.15, 0.2) is 5.58 Å². The normalized spacial score (nSPS) is 11.0. The average molecular weight is 500 g/mol. The van der Waals surface area contributed by atoms with Gasteiger partial charge < -0.3 is 30.2 Å². The molecule has 11 heteroatoms. The minimum Gasteiger partial charge on any atom is -0.481 e. The molecule has 0 aliphatic carbocycles. The van der Waals surface area contributed by atoms with Crippen LogP contribution in [0.3, 0.4) is 0 Å². The highest BCUT2D eigenvalue weighted by Crippen LogP contribution is 2.34. The maximum absolute atomic E-state index is 10.7. The van der Waals surface area contributed by atoms with Crippen LogP contribution in [-0.4, -0.2) is 51.7 Å². The molecule has 5 rings (SSSR count). The van der Waals surface area contributed by atoms with Gasteiger partial charge in [-0.05, 0) is 36.8 Å². The zero-order valence-corrected chi connectivity index (χ0v) is 20.3. The Kier molecular flexibility index (Phi) is 6.66. The predicted octanol–water partition coefficient (Wildman–Crippen LogP) is 4.90. The smallest absolute Gasteiger partial charge is 0.303 e. The molecule has 0 aliphatic rings. The van der Waals surface area contributed by atoms with Gasteiger partial charge >= 0.3 is 5.97 Å². The molecule has 0 bridgehead atoms. The molecule has 0 aliphatic heterocycles. The maximum Gasteiger partial charge on any atom is 0.303 e. The number of anilines is 4. The molecule has 1 aromatic carbocycles. The largest absolute Gasteiger partial charge is 0.481 e. The number of rotatable bonds is 10. The van der Waals surface area contributed by atoms with Gasteiger partial charge in [0.2, 0.25) is 11.8 Å². The van der Waals surface area contributed by atoms with Crippen LogP contribution in [0.15, 0.2) is 59.3 Å². The summed E-state index contributed by atoms with van der Waals surface area (Å²) < 4.78 is 11.6. The van der Waals surface area contributed by atoms with E-state index in [-0.39, 0.29) is 13.0 Å². The van der Waals surface area contributed by atoms with E-state index in [0.717, 1.165) is 27.5 Å². The molecule has 0 amide bonds. The lowest BCUT2D eigenvalue weighted by atomic mass is 10.1. The quantitative estimate of drug-likeness (QED) is 0.194. The van der Waals surface area contributed by atoms with E-state index in [0.29, 0.717) is 41.2 Å². The minimum atomic E-state index is -0.856. The van der Waals surface area contributed by atoms with Crippen molar-refractivity contribution in [3.05, 3.63) is 54.9 Å². The van der Waals surface area contributed by atoms with E-state index in [1.807, 2.05) is 31.3 Å². The third-order valence-corrected chi connectivity index (χ3v) is 5.68. The highest BCUT2D eigenvalue weighted by atomic mass is 16.5. The molecule has 5 aromatic rings. The van der Waals surface area contributed by atoms with Crippen molar-refractivity contribution in [3.8, 4) is 17.3 Å². The minimum absolute atomic E-state index is 0.0431. The van der Waals surface area contributed by atoms with E-state index in [9.17, 15) is 4.79 Å². The van der Waals surface area contributed by atoms with E-state index in [1.165, 1.54) is 0 Å². The van der Waals surface area contributed by atoms with E-state index in [4.69, 9.17) is 19.2 Å². The number of benzene rings is 1. The number of fused-ring (bicyclic) bond motifs is 2. The van der Waals surface area contributed by atoms with Crippen molar-refractivity contribution in [2.45, 2.75) is 12.8 Å². The number of aromatic nitrogens is 4. The number of carboxylic acid groups (broad SMARTS) is 1. The van der Waals surface area contributed by atoms with Crippen LogP contribution >= 0.6 is 0 Å². The SMILES string of the molecule is CNc1ccc2oc(-c3cnc(NC)c4cnc(Nc5cccc(OCCCC(=O)O)n5)cc34)nc2c1. The number of pyridine rings is 3. The van der Waals surface area contributed by atoms with E-state index in [1.54, 1.807) is 37.6 Å². The second-order valence-corrected chi connectivity index (χ2v) is 8.17. The predicted molar refractivity (Wildman–Crippen MR) is 142 cm³/mol. The molecule has 188 valence electrons. The van der Waals surface area contributed by atoms with E-state index >= 15 is 0 Å². The highest BCUT2D eigenvalue weighted by molar-refractivity contribution is 6.01. The Morgan fingerprint density at radius 3 is 2.70 bits per heavy atom. The van der Waals surface area contributed by atoms with Crippen molar-refractivity contribution in [2.75, 3.05) is 36.7 Å². The summed E-state index contributed by atoms with van der Waals surface area (Å²) in [5, 5.41) is 19.8. The van der Waals surface area contributed by atoms with Crippen molar-refractivity contribution in [1.82, 2.24) is 19.9 Å². The van der Waals surface area contributed by atoms with Crippen molar-refractivity contribution in [1.29, 1.82) is 0 Å². The number of ether oxygens (including phenoxy) is 1. The van der Waals surface area contributed by atoms with Crippen LogP contribution < -0.4 is 20.7 Å². The number of carbonyl (C=O) groups is 1. The lowest BCUT2D eigenvalue weighted by molar-refractivity contribution is -0.137. The van der Waals surface area contributed by atoms with Crippen LogP contribution in [0.4, 0.5) is 23.1 Å². The summed E-state index contributed by atoms with van der Waals surface area (Å²) >= 11 is 0. The van der Waals surface area contributed by atoms with Gasteiger partial charge in [0.1, 0.15) is 23.0 Å². The van der Waals surface area contributed by atoms with Crippen LogP contribution in [0.5, 0.6) is 5.88 Å². The first-order chi connectivity index (χ1) is 18.0. The number of oxazole rings is 1. The Balaban J connectivity index is 1.46. The molecule has 0 spiro atoms. The van der Waals surface area contributed by atoms with Gasteiger partial charge in [-0.25, -0.2) is 15.0 Å². The molecule has 4 aromatic heterocycles. The Morgan fingerprint density at radius 1 is 1.00 bits per heavy atom. The molecule has 11 nitrogen and oxygen atoms in total. The number of nitrogens with one attached hydrogen (secondary N) is 3. The Hall–Kier alpha value is -4.93. The highest BCUT2D eigenvalue weighted by Gasteiger charge is 2.16. The zero-order chi connectivity index (χ0) is 25.8. The number of carboxylic acids is 1. The maximum atomic E-state index is 10.7. The average Bonchev–Trinajstić information content (AvgIpc) is 3.33. The number of hydrogen-bond acceptors (Lipinski definition) is 10. The van der Waals surface area contributed by atoms with Crippen molar-refractivity contribution < 1.29 is 19.1 Å².